The van der Waals surface area contributed by atoms with Crippen LogP contribution in [0.5, 0.6) is 17.2 Å². The number of rotatable bonds is 6. The van der Waals surface area contributed by atoms with Crippen LogP contribution in [0.15, 0.2) is 70.4 Å². The zero-order valence-electron chi connectivity index (χ0n) is 19.3. The highest BCUT2D eigenvalue weighted by Crippen LogP contribution is 2.41. The summed E-state index contributed by atoms with van der Waals surface area (Å²) in [5, 5.41) is 7.19. The highest BCUT2D eigenvalue weighted by molar-refractivity contribution is 6.30. The molecule has 1 atom stereocenters. The number of furan rings is 1. The van der Waals surface area contributed by atoms with Gasteiger partial charge in [0.2, 0.25) is 0 Å². The second-order valence-electron chi connectivity index (χ2n) is 7.84. The number of benzene rings is 2. The number of hydrogen-bond acceptors (Lipinski definition) is 7. The van der Waals surface area contributed by atoms with Gasteiger partial charge in [-0.15, -0.1) is 0 Å². The molecule has 0 saturated carbocycles. The number of para-hydroxylation sites is 2. The SMILES string of the molecule is COc1cccc(C2=NN(C(=O)c3ccco3)[C@@H](c3cc4cccc(OC)c4nc3Cl)C2)c1OC. The molecule has 9 heteroatoms. The zero-order valence-corrected chi connectivity index (χ0v) is 20.1. The molecule has 0 aliphatic carbocycles. The van der Waals surface area contributed by atoms with Crippen molar-refractivity contribution < 1.29 is 23.4 Å². The predicted molar refractivity (Wildman–Crippen MR) is 132 cm³/mol. The van der Waals surface area contributed by atoms with E-state index in [-0.39, 0.29) is 10.9 Å². The fourth-order valence-electron chi connectivity index (χ4n) is 4.29. The molecule has 0 saturated heterocycles. The van der Waals surface area contributed by atoms with E-state index in [2.05, 4.69) is 4.98 Å². The standard InChI is InChI=1S/C26H22ClN3O5/c1-32-20-9-4-7-15-13-17(25(27)28-23(15)20)19-14-18(16-8-5-10-21(33-2)24(16)34-3)29-30(19)26(31)22-11-6-12-35-22/h4-13,19H,14H2,1-3H3/t19-/m1/s1. The van der Waals surface area contributed by atoms with Gasteiger partial charge in [0.25, 0.3) is 0 Å². The molecule has 4 aromatic rings. The summed E-state index contributed by atoms with van der Waals surface area (Å²) in [6.45, 7) is 0. The lowest BCUT2D eigenvalue weighted by Gasteiger charge is -2.22. The van der Waals surface area contributed by atoms with Crippen LogP contribution in [0.3, 0.4) is 0 Å². The zero-order chi connectivity index (χ0) is 24.5. The van der Waals surface area contributed by atoms with Crippen LogP contribution in [-0.2, 0) is 0 Å². The Labute approximate surface area is 206 Å². The normalized spacial score (nSPS) is 15.3. The van der Waals surface area contributed by atoms with Crippen molar-refractivity contribution in [2.24, 2.45) is 5.10 Å². The molecule has 0 radical (unpaired) electrons. The number of halogens is 1. The summed E-state index contributed by atoms with van der Waals surface area (Å²) in [7, 11) is 4.72. The molecule has 0 unspecified atom stereocenters. The first-order chi connectivity index (χ1) is 17.0. The minimum absolute atomic E-state index is 0.171. The molecule has 1 amide bonds. The van der Waals surface area contributed by atoms with Crippen molar-refractivity contribution in [2.45, 2.75) is 12.5 Å². The number of pyridine rings is 1. The van der Waals surface area contributed by atoms with E-state index < -0.39 is 11.9 Å². The molecule has 0 fully saturated rings. The Morgan fingerprint density at radius 2 is 1.80 bits per heavy atom. The number of carbonyl (C=O) groups is 1. The molecule has 8 nitrogen and oxygen atoms in total. The highest BCUT2D eigenvalue weighted by Gasteiger charge is 2.37. The quantitative estimate of drug-likeness (QED) is 0.331. The van der Waals surface area contributed by atoms with Gasteiger partial charge in [-0.3, -0.25) is 4.79 Å². The average Bonchev–Trinajstić information content (AvgIpc) is 3.58. The molecule has 178 valence electrons. The van der Waals surface area contributed by atoms with Gasteiger partial charge in [0.05, 0.1) is 39.3 Å². The summed E-state index contributed by atoms with van der Waals surface area (Å²) < 4.78 is 21.9. The number of hydrazone groups is 1. The molecular formula is C26H22ClN3O5. The van der Waals surface area contributed by atoms with Crippen molar-refractivity contribution in [2.75, 3.05) is 21.3 Å². The van der Waals surface area contributed by atoms with Gasteiger partial charge in [-0.25, -0.2) is 9.99 Å². The maximum Gasteiger partial charge on any atom is 0.310 e. The van der Waals surface area contributed by atoms with Crippen LogP contribution in [0.4, 0.5) is 0 Å². The fraction of sp³-hybridized carbons (Fsp3) is 0.192. The second kappa shape index (κ2) is 9.31. The number of amides is 1. The number of aromatic nitrogens is 1. The van der Waals surface area contributed by atoms with Gasteiger partial charge >= 0.3 is 5.91 Å². The third-order valence-electron chi connectivity index (χ3n) is 5.93. The van der Waals surface area contributed by atoms with Crippen molar-refractivity contribution >= 4 is 34.1 Å². The van der Waals surface area contributed by atoms with Gasteiger partial charge in [-0.05, 0) is 36.4 Å². The summed E-state index contributed by atoms with van der Waals surface area (Å²) >= 11 is 6.68. The van der Waals surface area contributed by atoms with Crippen molar-refractivity contribution in [1.82, 2.24) is 9.99 Å². The number of carbonyl (C=O) groups excluding carboxylic acids is 1. The van der Waals surface area contributed by atoms with Crippen LogP contribution in [-0.4, -0.2) is 42.9 Å². The molecular weight excluding hydrogens is 470 g/mol. The molecule has 35 heavy (non-hydrogen) atoms. The molecule has 5 rings (SSSR count). The van der Waals surface area contributed by atoms with Crippen LogP contribution < -0.4 is 14.2 Å². The lowest BCUT2D eigenvalue weighted by molar-refractivity contribution is 0.0678. The van der Waals surface area contributed by atoms with Crippen molar-refractivity contribution in [3.8, 4) is 17.2 Å². The largest absolute Gasteiger partial charge is 0.494 e. The minimum atomic E-state index is -0.519. The molecule has 1 aliphatic heterocycles. The van der Waals surface area contributed by atoms with Crippen LogP contribution >= 0.6 is 11.6 Å². The second-order valence-corrected chi connectivity index (χ2v) is 8.19. The smallest absolute Gasteiger partial charge is 0.310 e. The number of nitrogens with zero attached hydrogens (tertiary/aromatic N) is 3. The Morgan fingerprint density at radius 1 is 1.03 bits per heavy atom. The van der Waals surface area contributed by atoms with E-state index in [4.69, 9.17) is 35.3 Å². The Morgan fingerprint density at radius 3 is 2.51 bits per heavy atom. The molecule has 2 aromatic heterocycles. The number of ether oxygens (including phenoxy) is 3. The van der Waals surface area contributed by atoms with E-state index in [1.807, 2.05) is 36.4 Å². The van der Waals surface area contributed by atoms with E-state index in [1.165, 1.54) is 11.3 Å². The monoisotopic (exact) mass is 491 g/mol. The van der Waals surface area contributed by atoms with Crippen molar-refractivity contribution in [3.05, 3.63) is 82.9 Å². The van der Waals surface area contributed by atoms with Gasteiger partial charge < -0.3 is 18.6 Å². The van der Waals surface area contributed by atoms with E-state index in [0.29, 0.717) is 40.5 Å². The first-order valence-electron chi connectivity index (χ1n) is 10.8. The van der Waals surface area contributed by atoms with Crippen molar-refractivity contribution in [1.29, 1.82) is 0 Å². The van der Waals surface area contributed by atoms with E-state index >= 15 is 0 Å². The number of fused-ring (bicyclic) bond motifs is 1. The third kappa shape index (κ3) is 3.95. The fourth-order valence-corrected chi connectivity index (χ4v) is 4.56. The molecule has 0 bridgehead atoms. The van der Waals surface area contributed by atoms with Gasteiger partial charge in [0.1, 0.15) is 16.4 Å². The van der Waals surface area contributed by atoms with Crippen LogP contribution in [0.25, 0.3) is 10.9 Å². The summed E-state index contributed by atoms with van der Waals surface area (Å²) in [4.78, 5) is 18.0. The molecule has 2 aromatic carbocycles. The number of methoxy groups -OCH3 is 3. The van der Waals surface area contributed by atoms with E-state index in [1.54, 1.807) is 39.5 Å². The first-order valence-corrected chi connectivity index (χ1v) is 11.2. The third-order valence-corrected chi connectivity index (χ3v) is 6.24. The van der Waals surface area contributed by atoms with Gasteiger partial charge in [0, 0.05) is 22.9 Å². The van der Waals surface area contributed by atoms with E-state index in [0.717, 1.165) is 10.9 Å². The molecule has 1 aliphatic rings. The number of hydrogen-bond donors (Lipinski definition) is 0. The molecule has 0 spiro atoms. The summed E-state index contributed by atoms with van der Waals surface area (Å²) in [6.07, 6.45) is 1.83. The molecule has 3 heterocycles. The van der Waals surface area contributed by atoms with Gasteiger partial charge in [0.15, 0.2) is 17.3 Å². The summed E-state index contributed by atoms with van der Waals surface area (Å²) in [6, 6.07) is 15.8. The Hall–Kier alpha value is -4.04. The minimum Gasteiger partial charge on any atom is -0.494 e. The Kier molecular flexibility index (Phi) is 6.05. The average molecular weight is 492 g/mol. The van der Waals surface area contributed by atoms with Gasteiger partial charge in [-0.1, -0.05) is 29.8 Å². The van der Waals surface area contributed by atoms with Gasteiger partial charge in [-0.2, -0.15) is 5.10 Å². The maximum absolute atomic E-state index is 13.4. The highest BCUT2D eigenvalue weighted by atomic mass is 35.5. The molecule has 0 N–H and O–H groups in total. The lowest BCUT2D eigenvalue weighted by atomic mass is 9.97. The Balaban J connectivity index is 1.64. The summed E-state index contributed by atoms with van der Waals surface area (Å²) in [5.74, 6) is 1.50. The lowest BCUT2D eigenvalue weighted by Crippen LogP contribution is -2.27. The Bertz CT molecular complexity index is 1430. The van der Waals surface area contributed by atoms with E-state index in [9.17, 15) is 4.79 Å². The van der Waals surface area contributed by atoms with Crippen molar-refractivity contribution in [3.63, 3.8) is 0 Å². The maximum atomic E-state index is 13.4. The predicted octanol–water partition coefficient (Wildman–Crippen LogP) is 5.50. The topological polar surface area (TPSA) is 86.4 Å². The van der Waals surface area contributed by atoms with Crippen LogP contribution in [0.2, 0.25) is 5.15 Å². The van der Waals surface area contributed by atoms with Crippen LogP contribution in [0, 0.1) is 0 Å². The summed E-state index contributed by atoms with van der Waals surface area (Å²) in [5.41, 5.74) is 2.67. The van der Waals surface area contributed by atoms with Crippen LogP contribution in [0.1, 0.15) is 34.1 Å². The first kappa shape index (κ1) is 22.7.